The average Bonchev–Trinajstić information content (AvgIpc) is 2.95. The van der Waals surface area contributed by atoms with E-state index < -0.39 is 0 Å². The van der Waals surface area contributed by atoms with Crippen LogP contribution in [0, 0.1) is 0 Å². The SMILES string of the molecule is COCCn1cnnc1[C@@H](C)NC(=O)CCC(=O)NC1CCCCCC1. The largest absolute Gasteiger partial charge is 0.383 e. The molecule has 0 saturated heterocycles. The second kappa shape index (κ2) is 10.9. The lowest BCUT2D eigenvalue weighted by molar-refractivity contribution is -0.127. The zero-order valence-corrected chi connectivity index (χ0v) is 15.9. The number of nitrogens with one attached hydrogen (secondary N) is 2. The summed E-state index contributed by atoms with van der Waals surface area (Å²) in [7, 11) is 1.63. The molecule has 0 spiro atoms. The van der Waals surface area contributed by atoms with E-state index in [4.69, 9.17) is 4.74 Å². The molecular formula is C18H31N5O3. The first-order valence-corrected chi connectivity index (χ1v) is 9.55. The Morgan fingerprint density at radius 2 is 1.92 bits per heavy atom. The smallest absolute Gasteiger partial charge is 0.221 e. The minimum Gasteiger partial charge on any atom is -0.383 e. The van der Waals surface area contributed by atoms with Crippen LogP contribution < -0.4 is 10.6 Å². The van der Waals surface area contributed by atoms with Gasteiger partial charge < -0.3 is 19.9 Å². The molecule has 2 N–H and O–H groups in total. The highest BCUT2D eigenvalue weighted by molar-refractivity contribution is 5.84. The lowest BCUT2D eigenvalue weighted by atomic mass is 10.1. The van der Waals surface area contributed by atoms with Crippen molar-refractivity contribution in [3.8, 4) is 0 Å². The molecule has 1 heterocycles. The summed E-state index contributed by atoms with van der Waals surface area (Å²) < 4.78 is 6.91. The Hall–Kier alpha value is -1.96. The van der Waals surface area contributed by atoms with Gasteiger partial charge in [-0.15, -0.1) is 10.2 Å². The Kier molecular flexibility index (Phi) is 8.53. The molecule has 26 heavy (non-hydrogen) atoms. The van der Waals surface area contributed by atoms with Crippen molar-refractivity contribution >= 4 is 11.8 Å². The number of carbonyl (C=O) groups excluding carboxylic acids is 2. The molecule has 1 fully saturated rings. The van der Waals surface area contributed by atoms with E-state index in [1.807, 2.05) is 11.5 Å². The second-order valence-corrected chi connectivity index (χ2v) is 6.92. The Labute approximate surface area is 155 Å². The van der Waals surface area contributed by atoms with E-state index in [0.29, 0.717) is 19.0 Å². The van der Waals surface area contributed by atoms with E-state index in [2.05, 4.69) is 20.8 Å². The van der Waals surface area contributed by atoms with Crippen molar-refractivity contribution in [1.82, 2.24) is 25.4 Å². The molecule has 1 aromatic heterocycles. The molecule has 1 aliphatic rings. The van der Waals surface area contributed by atoms with Crippen LogP contribution in [0.2, 0.25) is 0 Å². The Morgan fingerprint density at radius 3 is 2.62 bits per heavy atom. The zero-order valence-electron chi connectivity index (χ0n) is 15.9. The maximum atomic E-state index is 12.2. The van der Waals surface area contributed by atoms with Gasteiger partial charge in [-0.25, -0.2) is 0 Å². The summed E-state index contributed by atoms with van der Waals surface area (Å²) in [5.41, 5.74) is 0. The number of hydrogen-bond donors (Lipinski definition) is 2. The van der Waals surface area contributed by atoms with Crippen LogP contribution in [0.4, 0.5) is 0 Å². The quantitative estimate of drug-likeness (QED) is 0.649. The number of ether oxygens (including phenoxy) is 1. The van der Waals surface area contributed by atoms with E-state index in [1.54, 1.807) is 13.4 Å². The number of carbonyl (C=O) groups is 2. The number of nitrogens with zero attached hydrogens (tertiary/aromatic N) is 3. The van der Waals surface area contributed by atoms with Gasteiger partial charge in [-0.05, 0) is 19.8 Å². The van der Waals surface area contributed by atoms with Crippen LogP contribution in [0.5, 0.6) is 0 Å². The number of aromatic nitrogens is 3. The minimum atomic E-state index is -0.272. The average molecular weight is 365 g/mol. The van der Waals surface area contributed by atoms with Crippen molar-refractivity contribution in [1.29, 1.82) is 0 Å². The first-order valence-electron chi connectivity index (χ1n) is 9.55. The summed E-state index contributed by atoms with van der Waals surface area (Å²) in [6.45, 7) is 3.03. The number of methoxy groups -OCH3 is 1. The molecule has 1 aliphatic carbocycles. The molecule has 1 atom stereocenters. The fourth-order valence-corrected chi connectivity index (χ4v) is 3.29. The van der Waals surface area contributed by atoms with Gasteiger partial charge in [0.2, 0.25) is 11.8 Å². The van der Waals surface area contributed by atoms with Gasteiger partial charge >= 0.3 is 0 Å². The third kappa shape index (κ3) is 6.74. The Morgan fingerprint density at radius 1 is 1.23 bits per heavy atom. The van der Waals surface area contributed by atoms with Crippen LogP contribution in [-0.4, -0.2) is 46.3 Å². The Bertz CT molecular complexity index is 567. The summed E-state index contributed by atoms with van der Waals surface area (Å²) in [4.78, 5) is 24.2. The van der Waals surface area contributed by atoms with E-state index >= 15 is 0 Å². The third-order valence-electron chi connectivity index (χ3n) is 4.75. The molecule has 0 radical (unpaired) electrons. The topological polar surface area (TPSA) is 98.1 Å². The minimum absolute atomic E-state index is 0.0389. The van der Waals surface area contributed by atoms with Gasteiger partial charge in [-0.3, -0.25) is 9.59 Å². The van der Waals surface area contributed by atoms with Crippen LogP contribution in [0.15, 0.2) is 6.33 Å². The first kappa shape index (κ1) is 20.4. The van der Waals surface area contributed by atoms with Gasteiger partial charge in [-0.1, -0.05) is 25.7 Å². The lowest BCUT2D eigenvalue weighted by Gasteiger charge is -2.17. The van der Waals surface area contributed by atoms with Gasteiger partial charge in [0.15, 0.2) is 5.82 Å². The van der Waals surface area contributed by atoms with E-state index in [1.165, 1.54) is 25.7 Å². The second-order valence-electron chi connectivity index (χ2n) is 6.92. The maximum absolute atomic E-state index is 12.2. The summed E-state index contributed by atoms with van der Waals surface area (Å²) >= 11 is 0. The monoisotopic (exact) mass is 365 g/mol. The predicted octanol–water partition coefficient (Wildman–Crippen LogP) is 1.72. The van der Waals surface area contributed by atoms with Crippen LogP contribution in [0.1, 0.15) is 70.2 Å². The van der Waals surface area contributed by atoms with Gasteiger partial charge in [0, 0.05) is 32.5 Å². The first-order chi connectivity index (χ1) is 12.6. The highest BCUT2D eigenvalue weighted by atomic mass is 16.5. The number of amides is 2. The molecule has 0 unspecified atom stereocenters. The van der Waals surface area contributed by atoms with E-state index in [0.717, 1.165) is 12.8 Å². The molecule has 0 aliphatic heterocycles. The summed E-state index contributed by atoms with van der Waals surface area (Å²) in [5, 5.41) is 13.9. The van der Waals surface area contributed by atoms with Gasteiger partial charge in [0.05, 0.1) is 12.6 Å². The normalized spacial score (nSPS) is 16.7. The number of hydrogen-bond acceptors (Lipinski definition) is 5. The van der Waals surface area contributed by atoms with Gasteiger partial charge in [0.25, 0.3) is 0 Å². The fourth-order valence-electron chi connectivity index (χ4n) is 3.29. The van der Waals surface area contributed by atoms with Crippen molar-refractivity contribution in [3.63, 3.8) is 0 Å². The molecule has 146 valence electrons. The maximum Gasteiger partial charge on any atom is 0.221 e. The van der Waals surface area contributed by atoms with Gasteiger partial charge in [-0.2, -0.15) is 0 Å². The van der Waals surface area contributed by atoms with E-state index in [9.17, 15) is 9.59 Å². The van der Waals surface area contributed by atoms with Crippen LogP contribution in [-0.2, 0) is 20.9 Å². The third-order valence-corrected chi connectivity index (χ3v) is 4.75. The summed E-state index contributed by atoms with van der Waals surface area (Å²) in [6, 6.07) is -0.00176. The summed E-state index contributed by atoms with van der Waals surface area (Å²) in [6.07, 6.45) is 8.96. The molecule has 8 nitrogen and oxygen atoms in total. The predicted molar refractivity (Wildman–Crippen MR) is 97.3 cm³/mol. The summed E-state index contributed by atoms with van der Waals surface area (Å²) in [5.74, 6) is 0.482. The number of rotatable bonds is 9. The van der Waals surface area contributed by atoms with Crippen molar-refractivity contribution in [2.24, 2.45) is 0 Å². The molecule has 1 aromatic rings. The molecule has 0 aromatic carbocycles. The molecule has 2 amide bonds. The molecule has 2 rings (SSSR count). The van der Waals surface area contributed by atoms with Gasteiger partial charge in [0.1, 0.15) is 6.33 Å². The zero-order chi connectivity index (χ0) is 18.8. The highest BCUT2D eigenvalue weighted by Crippen LogP contribution is 2.17. The Balaban J connectivity index is 1.72. The van der Waals surface area contributed by atoms with Crippen molar-refractivity contribution < 1.29 is 14.3 Å². The standard InChI is InChI=1S/C18H31N5O3/c1-14(18-22-19-13-23(18)11-12-26-2)20-16(24)9-10-17(25)21-15-7-5-3-4-6-8-15/h13-15H,3-12H2,1-2H3,(H,20,24)(H,21,25)/t14-/m1/s1. The van der Waals surface area contributed by atoms with E-state index in [-0.39, 0.29) is 36.7 Å². The lowest BCUT2D eigenvalue weighted by Crippen LogP contribution is -2.35. The molecule has 8 heteroatoms. The van der Waals surface area contributed by atoms with Crippen molar-refractivity contribution in [2.45, 2.75) is 76.9 Å². The van der Waals surface area contributed by atoms with Crippen molar-refractivity contribution in [3.05, 3.63) is 12.2 Å². The van der Waals surface area contributed by atoms with Crippen LogP contribution in [0.25, 0.3) is 0 Å². The van der Waals surface area contributed by atoms with Crippen LogP contribution >= 0.6 is 0 Å². The highest BCUT2D eigenvalue weighted by Gasteiger charge is 2.18. The van der Waals surface area contributed by atoms with Crippen LogP contribution in [0.3, 0.4) is 0 Å². The van der Waals surface area contributed by atoms with Crippen molar-refractivity contribution in [2.75, 3.05) is 13.7 Å². The molecular weight excluding hydrogens is 334 g/mol. The fraction of sp³-hybridized carbons (Fsp3) is 0.778. The molecule has 0 bridgehead atoms. The molecule has 1 saturated carbocycles.